The molecule has 0 saturated heterocycles. The van der Waals surface area contributed by atoms with Crippen molar-refractivity contribution in [3.8, 4) is 0 Å². The molecule has 0 radical (unpaired) electrons. The average Bonchev–Trinajstić information content (AvgIpc) is 2.33. The summed E-state index contributed by atoms with van der Waals surface area (Å²) < 4.78 is 0. The third-order valence-corrected chi connectivity index (χ3v) is 1.88. The molecule has 0 aliphatic heterocycles. The van der Waals surface area contributed by atoms with E-state index < -0.39 is 0 Å². The van der Waals surface area contributed by atoms with Crippen LogP contribution in [0, 0.1) is 6.92 Å². The zero-order valence-electron chi connectivity index (χ0n) is 9.47. The summed E-state index contributed by atoms with van der Waals surface area (Å²) in [5.74, 6) is 0. The van der Waals surface area contributed by atoms with Crippen molar-refractivity contribution < 1.29 is 4.79 Å². The largest absolute Gasteiger partial charge is 0.344 e. The van der Waals surface area contributed by atoms with Crippen LogP contribution in [0.2, 0.25) is 0 Å². The Morgan fingerprint density at radius 2 is 1.19 bits per heavy atom. The van der Waals surface area contributed by atoms with Gasteiger partial charge < -0.3 is 6.15 Å². The molecule has 84 valence electrons. The van der Waals surface area contributed by atoms with E-state index in [2.05, 4.69) is 0 Å². The lowest BCUT2D eigenvalue weighted by Gasteiger charge is -1.89. The molecule has 0 bridgehead atoms. The summed E-state index contributed by atoms with van der Waals surface area (Å²) in [6.45, 7) is 1.99. The molecule has 0 saturated carbocycles. The predicted molar refractivity (Wildman–Crippen MR) is 68.0 cm³/mol. The first-order valence-electron chi connectivity index (χ1n) is 4.85. The normalized spacial score (nSPS) is 8.06. The third-order valence-electron chi connectivity index (χ3n) is 1.88. The van der Waals surface area contributed by atoms with E-state index in [1.165, 1.54) is 5.56 Å². The minimum absolute atomic E-state index is 0. The third kappa shape index (κ3) is 5.73. The molecular formula is C14H17NO. The minimum atomic E-state index is 0. The fraction of sp³-hybridized carbons (Fsp3) is 0.0714. The van der Waals surface area contributed by atoms with Crippen LogP contribution in [0.5, 0.6) is 0 Å². The van der Waals surface area contributed by atoms with Gasteiger partial charge in [-0.25, -0.2) is 0 Å². The van der Waals surface area contributed by atoms with Crippen LogP contribution >= 0.6 is 0 Å². The van der Waals surface area contributed by atoms with Crippen molar-refractivity contribution in [1.29, 1.82) is 0 Å². The summed E-state index contributed by atoms with van der Waals surface area (Å²) in [4.78, 5) is 10.1. The number of carbonyl (C=O) groups excluding carboxylic acids is 1. The van der Waals surface area contributed by atoms with E-state index in [-0.39, 0.29) is 6.15 Å². The van der Waals surface area contributed by atoms with Gasteiger partial charge in [-0.05, 0) is 6.92 Å². The van der Waals surface area contributed by atoms with Crippen molar-refractivity contribution in [2.24, 2.45) is 0 Å². The Morgan fingerprint density at radius 1 is 0.812 bits per heavy atom. The van der Waals surface area contributed by atoms with Crippen LogP contribution in [0.1, 0.15) is 15.9 Å². The maximum atomic E-state index is 10.1. The zero-order chi connectivity index (χ0) is 10.9. The SMILES string of the molecule is Cc1ccc(C=O)cc1.N.c1ccccc1. The second-order valence-electron chi connectivity index (χ2n) is 3.18. The van der Waals surface area contributed by atoms with Crippen LogP contribution in [0.3, 0.4) is 0 Å². The quantitative estimate of drug-likeness (QED) is 0.738. The van der Waals surface area contributed by atoms with E-state index in [1.807, 2.05) is 67.6 Å². The molecule has 2 aromatic carbocycles. The smallest absolute Gasteiger partial charge is 0.150 e. The lowest BCUT2D eigenvalue weighted by Crippen LogP contribution is -1.77. The summed E-state index contributed by atoms with van der Waals surface area (Å²) in [5, 5.41) is 0. The van der Waals surface area contributed by atoms with Gasteiger partial charge >= 0.3 is 0 Å². The van der Waals surface area contributed by atoms with Gasteiger partial charge in [0, 0.05) is 5.56 Å². The van der Waals surface area contributed by atoms with Gasteiger partial charge in [0.1, 0.15) is 6.29 Å². The van der Waals surface area contributed by atoms with E-state index >= 15 is 0 Å². The lowest BCUT2D eigenvalue weighted by atomic mass is 10.2. The Morgan fingerprint density at radius 3 is 1.50 bits per heavy atom. The van der Waals surface area contributed by atoms with E-state index in [4.69, 9.17) is 0 Å². The van der Waals surface area contributed by atoms with Gasteiger partial charge in [0.2, 0.25) is 0 Å². The molecule has 3 N–H and O–H groups in total. The number of aldehydes is 1. The Balaban J connectivity index is 0.000000283. The molecule has 0 spiro atoms. The van der Waals surface area contributed by atoms with Gasteiger partial charge in [-0.1, -0.05) is 66.2 Å². The maximum Gasteiger partial charge on any atom is 0.150 e. The standard InChI is InChI=1S/C8H8O.C6H6.H3N/c1-7-2-4-8(6-9)5-3-7;1-2-4-6-5-3-1;/h2-6H,1H3;1-6H;1H3. The summed E-state index contributed by atoms with van der Waals surface area (Å²) in [6, 6.07) is 19.5. The van der Waals surface area contributed by atoms with Crippen molar-refractivity contribution in [3.05, 3.63) is 71.8 Å². The second kappa shape index (κ2) is 8.38. The first kappa shape index (κ1) is 14.1. The molecule has 0 amide bonds. The zero-order valence-corrected chi connectivity index (χ0v) is 9.47. The molecule has 0 atom stereocenters. The number of rotatable bonds is 1. The fourth-order valence-electron chi connectivity index (χ4n) is 1.03. The topological polar surface area (TPSA) is 52.1 Å². The Bertz CT molecular complexity index is 355. The number of hydrogen-bond donors (Lipinski definition) is 1. The van der Waals surface area contributed by atoms with Crippen molar-refractivity contribution >= 4 is 6.29 Å². The highest BCUT2D eigenvalue weighted by molar-refractivity contribution is 5.74. The highest BCUT2D eigenvalue weighted by atomic mass is 16.1. The second-order valence-corrected chi connectivity index (χ2v) is 3.18. The van der Waals surface area contributed by atoms with E-state index in [0.717, 1.165) is 11.8 Å². The Hall–Kier alpha value is -1.93. The van der Waals surface area contributed by atoms with E-state index in [0.29, 0.717) is 0 Å². The number of benzene rings is 2. The van der Waals surface area contributed by atoms with Crippen molar-refractivity contribution in [2.75, 3.05) is 0 Å². The number of hydrogen-bond acceptors (Lipinski definition) is 2. The maximum absolute atomic E-state index is 10.1. The van der Waals surface area contributed by atoms with Gasteiger partial charge in [-0.3, -0.25) is 4.79 Å². The van der Waals surface area contributed by atoms with Gasteiger partial charge in [0.05, 0.1) is 0 Å². The first-order valence-corrected chi connectivity index (χ1v) is 4.85. The Labute approximate surface area is 96.5 Å². The van der Waals surface area contributed by atoms with Crippen LogP contribution in [0.15, 0.2) is 60.7 Å². The summed E-state index contributed by atoms with van der Waals surface area (Å²) >= 11 is 0. The number of aryl methyl sites for hydroxylation is 1. The minimum Gasteiger partial charge on any atom is -0.344 e. The van der Waals surface area contributed by atoms with Crippen LogP contribution < -0.4 is 6.15 Å². The molecule has 0 unspecified atom stereocenters. The van der Waals surface area contributed by atoms with Crippen molar-refractivity contribution in [2.45, 2.75) is 6.92 Å². The van der Waals surface area contributed by atoms with Gasteiger partial charge in [0.15, 0.2) is 0 Å². The van der Waals surface area contributed by atoms with Gasteiger partial charge in [-0.15, -0.1) is 0 Å². The highest BCUT2D eigenvalue weighted by Crippen LogP contribution is 1.98. The van der Waals surface area contributed by atoms with Crippen LogP contribution in [-0.4, -0.2) is 6.29 Å². The first-order chi connectivity index (χ1) is 7.33. The fourth-order valence-corrected chi connectivity index (χ4v) is 1.03. The van der Waals surface area contributed by atoms with Crippen molar-refractivity contribution in [3.63, 3.8) is 0 Å². The van der Waals surface area contributed by atoms with Crippen molar-refractivity contribution in [1.82, 2.24) is 6.15 Å². The molecule has 2 aromatic rings. The van der Waals surface area contributed by atoms with Gasteiger partial charge in [0.25, 0.3) is 0 Å². The van der Waals surface area contributed by atoms with Gasteiger partial charge in [-0.2, -0.15) is 0 Å². The molecule has 2 heteroatoms. The summed E-state index contributed by atoms with van der Waals surface area (Å²) in [6.07, 6.45) is 0.847. The molecule has 0 fully saturated rings. The molecule has 0 aliphatic carbocycles. The van der Waals surface area contributed by atoms with Crippen LogP contribution in [-0.2, 0) is 0 Å². The highest BCUT2D eigenvalue weighted by Gasteiger charge is 1.85. The molecule has 0 heterocycles. The molecule has 2 nitrogen and oxygen atoms in total. The number of carbonyl (C=O) groups is 1. The Kier molecular flexibility index (Phi) is 7.37. The molecule has 2 rings (SSSR count). The summed E-state index contributed by atoms with van der Waals surface area (Å²) in [7, 11) is 0. The molecular weight excluding hydrogens is 198 g/mol. The molecule has 16 heavy (non-hydrogen) atoms. The molecule has 0 aliphatic rings. The van der Waals surface area contributed by atoms with E-state index in [1.54, 1.807) is 0 Å². The lowest BCUT2D eigenvalue weighted by molar-refractivity contribution is 0.112. The van der Waals surface area contributed by atoms with Crippen LogP contribution in [0.25, 0.3) is 0 Å². The average molecular weight is 215 g/mol. The summed E-state index contributed by atoms with van der Waals surface area (Å²) in [5.41, 5.74) is 1.92. The van der Waals surface area contributed by atoms with E-state index in [9.17, 15) is 4.79 Å². The molecule has 0 aromatic heterocycles. The predicted octanol–water partition coefficient (Wildman–Crippen LogP) is 3.66. The van der Waals surface area contributed by atoms with Crippen LogP contribution in [0.4, 0.5) is 0 Å². The monoisotopic (exact) mass is 215 g/mol.